The second kappa shape index (κ2) is 8.67. The minimum atomic E-state index is -0.220. The molecule has 29 heavy (non-hydrogen) atoms. The van der Waals surface area contributed by atoms with Gasteiger partial charge in [0.05, 0.1) is 10.2 Å². The molecule has 0 saturated carbocycles. The van der Waals surface area contributed by atoms with Gasteiger partial charge in [-0.2, -0.15) is 5.10 Å². The molecule has 1 N–H and O–H groups in total. The molecule has 4 rings (SSSR count). The highest BCUT2D eigenvalue weighted by molar-refractivity contribution is 7.17. The number of carbonyl (C=O) groups is 1. The standard InChI is InChI=1S/C21H29N5O2S/c1-3-19-23-25(21(28)17-13-18-16(26(17)19)8-12-29-18)14-20(27)22-9-6-11-24-10-5-4-7-15(24)2/h8,12-13,15H,3-7,9-11,14H2,1-2H3,(H,22,27)/t15-/m1/s1. The Morgan fingerprint density at radius 3 is 3.00 bits per heavy atom. The molecule has 1 amide bonds. The van der Waals surface area contributed by atoms with Crippen LogP contribution in [-0.4, -0.2) is 50.7 Å². The molecule has 1 saturated heterocycles. The van der Waals surface area contributed by atoms with E-state index in [0.29, 0.717) is 24.5 Å². The summed E-state index contributed by atoms with van der Waals surface area (Å²) in [6.45, 7) is 7.04. The van der Waals surface area contributed by atoms with Crippen LogP contribution < -0.4 is 10.9 Å². The Hall–Kier alpha value is -2.19. The maximum Gasteiger partial charge on any atom is 0.291 e. The number of aromatic nitrogens is 3. The summed E-state index contributed by atoms with van der Waals surface area (Å²) >= 11 is 1.61. The van der Waals surface area contributed by atoms with Gasteiger partial charge in [-0.1, -0.05) is 13.3 Å². The number of likely N-dealkylation sites (tertiary alicyclic amines) is 1. The maximum absolute atomic E-state index is 12.9. The molecule has 1 aliphatic rings. The minimum Gasteiger partial charge on any atom is -0.354 e. The Bertz CT molecular complexity index is 1070. The Kier molecular flexibility index (Phi) is 6.01. The molecule has 156 valence electrons. The van der Waals surface area contributed by atoms with Crippen molar-refractivity contribution in [3.05, 3.63) is 33.7 Å². The molecular weight excluding hydrogens is 386 g/mol. The topological polar surface area (TPSA) is 71.6 Å². The van der Waals surface area contributed by atoms with E-state index < -0.39 is 0 Å². The lowest BCUT2D eigenvalue weighted by atomic mass is 10.0. The van der Waals surface area contributed by atoms with E-state index in [9.17, 15) is 9.59 Å². The number of aryl methyl sites for hydroxylation is 1. The maximum atomic E-state index is 12.9. The molecule has 0 aliphatic carbocycles. The number of thiophene rings is 1. The van der Waals surface area contributed by atoms with E-state index in [-0.39, 0.29) is 18.0 Å². The van der Waals surface area contributed by atoms with Gasteiger partial charge in [0.1, 0.15) is 17.9 Å². The normalized spacial score (nSPS) is 17.9. The number of carbonyl (C=O) groups excluding carboxylic acids is 1. The van der Waals surface area contributed by atoms with Crippen molar-refractivity contribution in [1.29, 1.82) is 0 Å². The van der Waals surface area contributed by atoms with Crippen molar-refractivity contribution in [3.8, 4) is 0 Å². The Morgan fingerprint density at radius 2 is 2.21 bits per heavy atom. The van der Waals surface area contributed by atoms with Crippen molar-refractivity contribution >= 4 is 33.0 Å². The summed E-state index contributed by atoms with van der Waals surface area (Å²) in [6, 6.07) is 4.54. The lowest BCUT2D eigenvalue weighted by molar-refractivity contribution is -0.121. The largest absolute Gasteiger partial charge is 0.354 e. The van der Waals surface area contributed by atoms with E-state index in [1.807, 2.05) is 28.8 Å². The molecule has 1 atom stereocenters. The predicted octanol–water partition coefficient (Wildman–Crippen LogP) is 2.65. The summed E-state index contributed by atoms with van der Waals surface area (Å²) in [5, 5.41) is 9.44. The predicted molar refractivity (Wildman–Crippen MR) is 117 cm³/mol. The van der Waals surface area contributed by atoms with Crippen molar-refractivity contribution in [2.75, 3.05) is 19.6 Å². The van der Waals surface area contributed by atoms with E-state index in [4.69, 9.17) is 0 Å². The van der Waals surface area contributed by atoms with E-state index in [1.54, 1.807) is 11.3 Å². The zero-order valence-corrected chi connectivity index (χ0v) is 18.0. The molecule has 1 fully saturated rings. The summed E-state index contributed by atoms with van der Waals surface area (Å²) < 4.78 is 4.29. The first kappa shape index (κ1) is 20.1. The van der Waals surface area contributed by atoms with Crippen LogP contribution in [0.1, 0.15) is 45.4 Å². The summed E-state index contributed by atoms with van der Waals surface area (Å²) in [5.41, 5.74) is 1.38. The smallest absolute Gasteiger partial charge is 0.291 e. The molecule has 0 radical (unpaired) electrons. The molecule has 0 aromatic carbocycles. The Morgan fingerprint density at radius 1 is 1.34 bits per heavy atom. The van der Waals surface area contributed by atoms with Crippen LogP contribution in [0.25, 0.3) is 15.7 Å². The summed E-state index contributed by atoms with van der Waals surface area (Å²) in [7, 11) is 0. The van der Waals surface area contributed by atoms with Crippen LogP contribution in [0.5, 0.6) is 0 Å². The number of nitrogens with one attached hydrogen (secondary N) is 1. The van der Waals surface area contributed by atoms with Gasteiger partial charge in [-0.25, -0.2) is 4.68 Å². The second-order valence-corrected chi connectivity index (χ2v) is 8.80. The van der Waals surface area contributed by atoms with Crippen LogP contribution in [0.4, 0.5) is 0 Å². The molecular formula is C21H29N5O2S. The number of hydrogen-bond acceptors (Lipinski definition) is 5. The highest BCUT2D eigenvalue weighted by atomic mass is 32.1. The zero-order valence-electron chi connectivity index (χ0n) is 17.2. The van der Waals surface area contributed by atoms with Crippen LogP contribution in [-0.2, 0) is 17.8 Å². The molecule has 8 heteroatoms. The van der Waals surface area contributed by atoms with Crippen molar-refractivity contribution < 1.29 is 4.79 Å². The van der Waals surface area contributed by atoms with Gasteiger partial charge in [0, 0.05) is 25.6 Å². The first-order valence-corrected chi connectivity index (χ1v) is 11.5. The van der Waals surface area contributed by atoms with Gasteiger partial charge in [0.15, 0.2) is 0 Å². The van der Waals surface area contributed by atoms with E-state index in [0.717, 1.165) is 35.6 Å². The van der Waals surface area contributed by atoms with E-state index in [1.165, 1.54) is 23.9 Å². The van der Waals surface area contributed by atoms with Gasteiger partial charge < -0.3 is 10.2 Å². The van der Waals surface area contributed by atoms with E-state index >= 15 is 0 Å². The summed E-state index contributed by atoms with van der Waals surface area (Å²) in [5.74, 6) is 0.631. The van der Waals surface area contributed by atoms with Crippen molar-refractivity contribution in [2.45, 2.75) is 58.5 Å². The van der Waals surface area contributed by atoms with E-state index in [2.05, 4.69) is 22.2 Å². The van der Waals surface area contributed by atoms with Gasteiger partial charge in [0.2, 0.25) is 5.91 Å². The lowest BCUT2D eigenvalue weighted by Gasteiger charge is -2.33. The molecule has 0 unspecified atom stereocenters. The molecule has 4 heterocycles. The Labute approximate surface area is 174 Å². The third-order valence-corrected chi connectivity index (χ3v) is 6.72. The van der Waals surface area contributed by atoms with Gasteiger partial charge in [-0.15, -0.1) is 11.3 Å². The highest BCUT2D eigenvalue weighted by Gasteiger charge is 2.18. The molecule has 1 aliphatic heterocycles. The van der Waals surface area contributed by atoms with Crippen molar-refractivity contribution in [2.24, 2.45) is 0 Å². The van der Waals surface area contributed by atoms with Crippen LogP contribution in [0.15, 0.2) is 22.3 Å². The van der Waals surface area contributed by atoms with Gasteiger partial charge >= 0.3 is 0 Å². The minimum absolute atomic E-state index is 0.0404. The molecule has 0 spiro atoms. The molecule has 3 aromatic heterocycles. The van der Waals surface area contributed by atoms with Crippen molar-refractivity contribution in [3.63, 3.8) is 0 Å². The van der Waals surface area contributed by atoms with Crippen molar-refractivity contribution in [1.82, 2.24) is 24.4 Å². The van der Waals surface area contributed by atoms with Crippen LogP contribution >= 0.6 is 11.3 Å². The summed E-state index contributed by atoms with van der Waals surface area (Å²) in [6.07, 6.45) is 5.46. The summed E-state index contributed by atoms with van der Waals surface area (Å²) in [4.78, 5) is 27.8. The number of piperidine rings is 1. The van der Waals surface area contributed by atoms with Gasteiger partial charge in [-0.05, 0) is 50.2 Å². The SMILES string of the molecule is CCc1nn(CC(=O)NCCCN2CCCC[C@H]2C)c(=O)c2cc3sccc3n12. The second-order valence-electron chi connectivity index (χ2n) is 7.85. The van der Waals surface area contributed by atoms with Crippen LogP contribution in [0, 0.1) is 0 Å². The van der Waals surface area contributed by atoms with Crippen LogP contribution in [0.3, 0.4) is 0 Å². The Balaban J connectivity index is 1.40. The number of nitrogens with zero attached hydrogens (tertiary/aromatic N) is 4. The molecule has 0 bridgehead atoms. The third-order valence-electron chi connectivity index (χ3n) is 5.87. The average molecular weight is 416 g/mol. The average Bonchev–Trinajstić information content (AvgIpc) is 3.30. The van der Waals surface area contributed by atoms with Crippen LogP contribution in [0.2, 0.25) is 0 Å². The molecule has 3 aromatic rings. The quantitative estimate of drug-likeness (QED) is 0.602. The monoisotopic (exact) mass is 415 g/mol. The number of fused-ring (bicyclic) bond motifs is 3. The van der Waals surface area contributed by atoms with Gasteiger partial charge in [0.25, 0.3) is 5.56 Å². The first-order valence-electron chi connectivity index (χ1n) is 10.6. The third kappa shape index (κ3) is 4.09. The number of rotatable bonds is 7. The van der Waals surface area contributed by atoms with Gasteiger partial charge in [-0.3, -0.25) is 14.0 Å². The fourth-order valence-corrected chi connectivity index (χ4v) is 5.05. The fourth-order valence-electron chi connectivity index (χ4n) is 4.25. The fraction of sp³-hybridized carbons (Fsp3) is 0.571. The molecule has 7 nitrogen and oxygen atoms in total. The highest BCUT2D eigenvalue weighted by Crippen LogP contribution is 2.24. The zero-order chi connectivity index (χ0) is 20.4. The first-order chi connectivity index (χ1) is 14.1. The lowest BCUT2D eigenvalue weighted by Crippen LogP contribution is -2.40. The number of hydrogen-bond donors (Lipinski definition) is 1. The number of amides is 1.